The van der Waals surface area contributed by atoms with Crippen molar-refractivity contribution in [3.8, 4) is 0 Å². The van der Waals surface area contributed by atoms with Crippen LogP contribution in [-0.2, 0) is 0 Å². The van der Waals surface area contributed by atoms with Gasteiger partial charge in [0.15, 0.2) is 0 Å². The lowest BCUT2D eigenvalue weighted by atomic mass is 10.0. The number of rotatable bonds is 1. The van der Waals surface area contributed by atoms with Crippen LogP contribution in [-0.4, -0.2) is 13.1 Å². The van der Waals surface area contributed by atoms with Crippen LogP contribution in [0, 0.1) is 0 Å². The maximum Gasteiger partial charge on any atom is 0.0653 e. The Morgan fingerprint density at radius 1 is 0.944 bits per heavy atom. The molecule has 0 unspecified atom stereocenters. The number of hydrogen-bond donors (Lipinski definition) is 0. The van der Waals surface area contributed by atoms with E-state index in [4.69, 9.17) is 0 Å². The van der Waals surface area contributed by atoms with Crippen molar-refractivity contribution in [2.24, 2.45) is 0 Å². The van der Waals surface area contributed by atoms with E-state index in [1.807, 2.05) is 0 Å². The summed E-state index contributed by atoms with van der Waals surface area (Å²) in [5, 5.41) is 0. The zero-order valence-corrected chi connectivity index (χ0v) is 10.9. The van der Waals surface area contributed by atoms with E-state index in [0.717, 1.165) is 13.1 Å². The van der Waals surface area contributed by atoms with Crippen molar-refractivity contribution in [1.29, 1.82) is 0 Å². The molecule has 2 bridgehead atoms. The third-order valence-electron chi connectivity index (χ3n) is 3.57. The molecule has 3 aliphatic heterocycles. The van der Waals surface area contributed by atoms with Crippen LogP contribution in [0.2, 0.25) is 0 Å². The Bertz CT molecular complexity index is 552. The number of nitrogens with zero attached hydrogens (tertiary/aromatic N) is 2. The molecule has 18 heavy (non-hydrogen) atoms. The highest BCUT2D eigenvalue weighted by Crippen LogP contribution is 2.44. The second-order valence-electron chi connectivity index (χ2n) is 4.54. The molecular weight excluding hydrogens is 220 g/mol. The number of allylic oxidation sites excluding steroid dienone is 4. The van der Waals surface area contributed by atoms with E-state index in [1.54, 1.807) is 0 Å². The molecule has 0 saturated carbocycles. The summed E-state index contributed by atoms with van der Waals surface area (Å²) < 4.78 is 0. The normalized spacial score (nSPS) is 22.3. The minimum absolute atomic E-state index is 1.07. The molecule has 4 rings (SSSR count). The highest BCUT2D eigenvalue weighted by atomic mass is 15.3. The van der Waals surface area contributed by atoms with E-state index in [-0.39, 0.29) is 0 Å². The van der Waals surface area contributed by atoms with Gasteiger partial charge in [0.2, 0.25) is 0 Å². The summed E-state index contributed by atoms with van der Waals surface area (Å²) in [4.78, 5) is 4.84. The molecule has 1 fully saturated rings. The smallest absolute Gasteiger partial charge is 0.0653 e. The quantitative estimate of drug-likeness (QED) is 0.736. The van der Waals surface area contributed by atoms with Gasteiger partial charge in [0.25, 0.3) is 0 Å². The van der Waals surface area contributed by atoms with Crippen LogP contribution in [0.4, 0.5) is 11.4 Å². The van der Waals surface area contributed by atoms with Crippen molar-refractivity contribution < 1.29 is 0 Å². The predicted molar refractivity (Wildman–Crippen MR) is 77.8 cm³/mol. The first-order valence-corrected chi connectivity index (χ1v) is 6.50. The van der Waals surface area contributed by atoms with E-state index in [0.29, 0.717) is 0 Å². The molecule has 1 saturated heterocycles. The molecule has 3 aliphatic rings. The van der Waals surface area contributed by atoms with Gasteiger partial charge in [0, 0.05) is 13.1 Å². The molecule has 0 spiro atoms. The maximum absolute atomic E-state index is 2.42. The Morgan fingerprint density at radius 2 is 1.56 bits per heavy atom. The Hall–Kier alpha value is -1.96. The number of benzene rings is 1. The van der Waals surface area contributed by atoms with Crippen LogP contribution in [0.5, 0.6) is 0 Å². The topological polar surface area (TPSA) is 6.48 Å². The van der Waals surface area contributed by atoms with Crippen LogP contribution in [0.15, 0.2) is 60.0 Å². The molecule has 0 aliphatic carbocycles. The maximum atomic E-state index is 2.42. The van der Waals surface area contributed by atoms with Gasteiger partial charge >= 0.3 is 0 Å². The Morgan fingerprint density at radius 3 is 2.11 bits per heavy atom. The average Bonchev–Trinajstić information content (AvgIpc) is 2.45. The first kappa shape index (κ1) is 11.1. The lowest BCUT2D eigenvalue weighted by Gasteiger charge is -2.48. The second kappa shape index (κ2) is 4.37. The van der Waals surface area contributed by atoms with Gasteiger partial charge in [-0.15, -0.1) is 0 Å². The van der Waals surface area contributed by atoms with Crippen LogP contribution < -0.4 is 9.80 Å². The van der Waals surface area contributed by atoms with Crippen LogP contribution in [0.1, 0.15) is 13.8 Å². The van der Waals surface area contributed by atoms with Gasteiger partial charge in [0.05, 0.1) is 22.8 Å². The molecule has 3 heterocycles. The summed E-state index contributed by atoms with van der Waals surface area (Å²) >= 11 is 0. The highest BCUT2D eigenvalue weighted by Gasteiger charge is 2.34. The van der Waals surface area contributed by atoms with E-state index >= 15 is 0 Å². The molecule has 0 amide bonds. The fraction of sp³-hybridized carbons (Fsp3) is 0.250. The molecule has 0 aromatic heterocycles. The molecule has 1 aromatic carbocycles. The molecule has 2 nitrogen and oxygen atoms in total. The van der Waals surface area contributed by atoms with Gasteiger partial charge < -0.3 is 9.80 Å². The van der Waals surface area contributed by atoms with Gasteiger partial charge in [0.1, 0.15) is 0 Å². The van der Waals surface area contributed by atoms with Gasteiger partial charge in [-0.1, -0.05) is 30.4 Å². The first-order valence-electron chi connectivity index (χ1n) is 6.50. The van der Waals surface area contributed by atoms with Crippen LogP contribution in [0.25, 0.3) is 0 Å². The Kier molecular flexibility index (Phi) is 2.71. The van der Waals surface area contributed by atoms with Crippen molar-refractivity contribution in [2.75, 3.05) is 22.9 Å². The standard InChI is InChI=1S/C16H18N2/c1-3-5-8-14-13(4-2)17-11-12-18(14)16-10-7-6-9-15(16)17/h3-10H,11-12H2,1-2H3. The predicted octanol–water partition coefficient (Wildman–Crippen LogP) is 3.69. The number of anilines is 2. The first-order chi connectivity index (χ1) is 8.86. The van der Waals surface area contributed by atoms with Crippen molar-refractivity contribution >= 4 is 11.4 Å². The van der Waals surface area contributed by atoms with E-state index in [2.05, 4.69) is 72.2 Å². The molecule has 0 radical (unpaired) electrons. The fourth-order valence-corrected chi connectivity index (χ4v) is 2.80. The van der Waals surface area contributed by atoms with Crippen molar-refractivity contribution in [1.82, 2.24) is 0 Å². The van der Waals surface area contributed by atoms with E-state index < -0.39 is 0 Å². The third kappa shape index (κ3) is 1.49. The molecule has 2 heteroatoms. The molecular formula is C16H18N2. The van der Waals surface area contributed by atoms with Crippen LogP contribution >= 0.6 is 0 Å². The molecule has 0 N–H and O–H groups in total. The highest BCUT2D eigenvalue weighted by molar-refractivity contribution is 5.84. The fourth-order valence-electron chi connectivity index (χ4n) is 2.80. The summed E-state index contributed by atoms with van der Waals surface area (Å²) in [5.41, 5.74) is 5.28. The van der Waals surface area contributed by atoms with Gasteiger partial charge in [-0.25, -0.2) is 0 Å². The second-order valence-corrected chi connectivity index (χ2v) is 4.54. The van der Waals surface area contributed by atoms with Crippen molar-refractivity contribution in [3.05, 3.63) is 60.0 Å². The lowest BCUT2D eigenvalue weighted by Crippen LogP contribution is -2.48. The van der Waals surface area contributed by atoms with Gasteiger partial charge in [-0.2, -0.15) is 0 Å². The summed E-state index contributed by atoms with van der Waals surface area (Å²) in [7, 11) is 0. The van der Waals surface area contributed by atoms with Crippen molar-refractivity contribution in [2.45, 2.75) is 13.8 Å². The minimum atomic E-state index is 1.07. The van der Waals surface area contributed by atoms with Crippen LogP contribution in [0.3, 0.4) is 0 Å². The molecule has 1 aromatic rings. The molecule has 92 valence electrons. The Labute approximate surface area is 109 Å². The number of hydrogen-bond acceptors (Lipinski definition) is 2. The zero-order chi connectivity index (χ0) is 12.5. The average molecular weight is 238 g/mol. The van der Waals surface area contributed by atoms with E-state index in [1.165, 1.54) is 22.8 Å². The summed E-state index contributed by atoms with van der Waals surface area (Å²) in [6.07, 6.45) is 8.60. The van der Waals surface area contributed by atoms with E-state index in [9.17, 15) is 0 Å². The zero-order valence-electron chi connectivity index (χ0n) is 10.9. The van der Waals surface area contributed by atoms with Gasteiger partial charge in [-0.05, 0) is 32.1 Å². The molecule has 0 atom stereocenters. The summed E-state index contributed by atoms with van der Waals surface area (Å²) in [5.74, 6) is 0. The number of fused-ring (bicyclic) bond motifs is 2. The monoisotopic (exact) mass is 238 g/mol. The SMILES string of the molecule is CC=CC=C1C(=CC)N2CCN1c1ccccc12. The van der Waals surface area contributed by atoms with Crippen molar-refractivity contribution in [3.63, 3.8) is 0 Å². The third-order valence-corrected chi connectivity index (χ3v) is 3.57. The summed E-state index contributed by atoms with van der Waals surface area (Å²) in [6, 6.07) is 8.64. The van der Waals surface area contributed by atoms with Gasteiger partial charge in [-0.3, -0.25) is 0 Å². The largest absolute Gasteiger partial charge is 0.337 e. The Balaban J connectivity index is 2.17. The summed E-state index contributed by atoms with van der Waals surface area (Å²) in [6.45, 7) is 6.31. The lowest BCUT2D eigenvalue weighted by molar-refractivity contribution is 0.740. The number of para-hydroxylation sites is 2. The minimum Gasteiger partial charge on any atom is -0.337 e. The number of piperazine rings is 1.